The number of benzene rings is 7. The Kier molecular flexibility index (Phi) is 7.10. The summed E-state index contributed by atoms with van der Waals surface area (Å²) < 4.78 is 7.26. The number of rotatable bonds is 7. The molecule has 0 bridgehead atoms. The molecule has 0 unspecified atom stereocenters. The Morgan fingerprint density at radius 3 is 1.35 bits per heavy atom. The second-order valence-electron chi connectivity index (χ2n) is 13.8. The van der Waals surface area contributed by atoms with E-state index >= 15 is 0 Å². The second kappa shape index (κ2) is 12.1. The number of hydrogen-bond donors (Lipinski definition) is 0. The Balaban J connectivity index is 1.26. The van der Waals surface area contributed by atoms with E-state index in [0.29, 0.717) is 5.92 Å². The van der Waals surface area contributed by atoms with Crippen LogP contribution in [0.5, 0.6) is 0 Å². The van der Waals surface area contributed by atoms with E-state index in [-0.39, 0.29) is 0 Å². The quantitative estimate of drug-likeness (QED) is 0.166. The second-order valence-corrected chi connectivity index (χ2v) is 13.8. The molecule has 0 atom stereocenters. The van der Waals surface area contributed by atoms with Gasteiger partial charge in [0, 0.05) is 44.5 Å². The molecule has 0 aliphatic carbocycles. The summed E-state index contributed by atoms with van der Waals surface area (Å²) in [5.41, 5.74) is 12.7. The topological polar surface area (TPSA) is 27.7 Å². The zero-order valence-corrected chi connectivity index (χ0v) is 29.4. The Morgan fingerprint density at radius 1 is 0.404 bits per heavy atom. The van der Waals surface area contributed by atoms with Crippen LogP contribution in [-0.4, -0.2) is 18.7 Å². The van der Waals surface area contributed by atoms with Crippen molar-refractivity contribution in [1.82, 2.24) is 18.7 Å². The van der Waals surface area contributed by atoms with Gasteiger partial charge < -0.3 is 9.13 Å². The molecule has 3 aromatic heterocycles. The van der Waals surface area contributed by atoms with Gasteiger partial charge in [-0.25, -0.2) is 4.98 Å². The molecule has 3 heterocycles. The molecule has 0 fully saturated rings. The minimum absolute atomic E-state index is 0.372. The average molecular weight is 671 g/mol. The summed E-state index contributed by atoms with van der Waals surface area (Å²) in [6, 6.07) is 59.7. The zero-order valence-electron chi connectivity index (χ0n) is 29.4. The van der Waals surface area contributed by atoms with Gasteiger partial charge in [-0.15, -0.1) is 0 Å². The van der Waals surface area contributed by atoms with Gasteiger partial charge in [0.05, 0.1) is 33.1 Å². The van der Waals surface area contributed by atoms with Crippen molar-refractivity contribution in [2.75, 3.05) is 0 Å². The van der Waals surface area contributed by atoms with Crippen LogP contribution < -0.4 is 0 Å². The van der Waals surface area contributed by atoms with Crippen LogP contribution >= 0.6 is 0 Å². The lowest BCUT2D eigenvalue weighted by Crippen LogP contribution is -2.07. The fourth-order valence-electron chi connectivity index (χ4n) is 8.49. The highest BCUT2D eigenvalue weighted by Gasteiger charge is 2.21. The molecule has 0 N–H and O–H groups in total. The van der Waals surface area contributed by atoms with Crippen molar-refractivity contribution in [3.8, 4) is 28.2 Å². The number of aromatic nitrogens is 4. The van der Waals surface area contributed by atoms with Crippen molar-refractivity contribution in [2.24, 2.45) is 0 Å². The maximum atomic E-state index is 5.20. The summed E-state index contributed by atoms with van der Waals surface area (Å²) in [6.07, 6.45) is 2.09. The van der Waals surface area contributed by atoms with Gasteiger partial charge in [-0.05, 0) is 90.7 Å². The molecule has 0 aliphatic rings. The van der Waals surface area contributed by atoms with E-state index in [1.807, 2.05) is 0 Å². The third-order valence-corrected chi connectivity index (χ3v) is 11.0. The minimum atomic E-state index is 0.372. The summed E-state index contributed by atoms with van der Waals surface area (Å²) in [7, 11) is 0. The molecule has 7 aromatic carbocycles. The third kappa shape index (κ3) is 4.64. The summed E-state index contributed by atoms with van der Waals surface area (Å²) in [6.45, 7) is 4.54. The molecule has 10 aromatic rings. The Labute approximate surface area is 302 Å². The molecule has 0 radical (unpaired) electrons. The predicted molar refractivity (Wildman–Crippen MR) is 219 cm³/mol. The Morgan fingerprint density at radius 2 is 0.846 bits per heavy atom. The highest BCUT2D eigenvalue weighted by Crippen LogP contribution is 2.38. The minimum Gasteiger partial charge on any atom is -0.309 e. The van der Waals surface area contributed by atoms with Crippen molar-refractivity contribution in [2.45, 2.75) is 32.6 Å². The SMILES string of the molecule is CCC(CC)c1nc2ccccc2n1-c1cccc(-c2cc(-n3c4ccccc4c4ccccc43)cc(-n3c4ccccc4c4ccccc43)c2)c1. The van der Waals surface area contributed by atoms with Crippen LogP contribution in [0.15, 0.2) is 164 Å². The highest BCUT2D eigenvalue weighted by atomic mass is 15.1. The van der Waals surface area contributed by atoms with Crippen LogP contribution in [0.1, 0.15) is 38.4 Å². The van der Waals surface area contributed by atoms with Gasteiger partial charge in [-0.3, -0.25) is 4.57 Å². The molecule has 0 spiro atoms. The first-order valence-corrected chi connectivity index (χ1v) is 18.4. The lowest BCUT2D eigenvalue weighted by Gasteiger charge is -2.18. The van der Waals surface area contributed by atoms with E-state index in [0.717, 1.165) is 57.9 Å². The van der Waals surface area contributed by atoms with Crippen LogP contribution in [0.2, 0.25) is 0 Å². The molecular weight excluding hydrogens is 633 g/mol. The van der Waals surface area contributed by atoms with Gasteiger partial charge in [0.25, 0.3) is 0 Å². The first-order chi connectivity index (χ1) is 25.7. The maximum Gasteiger partial charge on any atom is 0.117 e. The zero-order chi connectivity index (χ0) is 34.8. The van der Waals surface area contributed by atoms with Crippen LogP contribution in [0.25, 0.3) is 82.8 Å². The third-order valence-electron chi connectivity index (χ3n) is 11.0. The number of nitrogens with zero attached hydrogens (tertiary/aromatic N) is 4. The van der Waals surface area contributed by atoms with Gasteiger partial charge in [-0.2, -0.15) is 0 Å². The summed E-state index contributed by atoms with van der Waals surface area (Å²) in [5, 5.41) is 5.02. The summed E-state index contributed by atoms with van der Waals surface area (Å²) in [4.78, 5) is 5.20. The number of imidazole rings is 1. The number of hydrogen-bond acceptors (Lipinski definition) is 1. The molecule has 10 rings (SSSR count). The molecule has 0 saturated carbocycles. The van der Waals surface area contributed by atoms with Crippen molar-refractivity contribution < 1.29 is 0 Å². The fourth-order valence-corrected chi connectivity index (χ4v) is 8.49. The van der Waals surface area contributed by atoms with Crippen molar-refractivity contribution in [1.29, 1.82) is 0 Å². The summed E-state index contributed by atoms with van der Waals surface area (Å²) >= 11 is 0. The number of fused-ring (bicyclic) bond motifs is 7. The Hall–Kier alpha value is -6.39. The van der Waals surface area contributed by atoms with Crippen LogP contribution in [0, 0.1) is 0 Å². The van der Waals surface area contributed by atoms with E-state index < -0.39 is 0 Å². The monoisotopic (exact) mass is 670 g/mol. The van der Waals surface area contributed by atoms with E-state index in [1.165, 1.54) is 43.6 Å². The van der Waals surface area contributed by atoms with Crippen molar-refractivity contribution in [3.63, 3.8) is 0 Å². The van der Waals surface area contributed by atoms with Gasteiger partial charge in [-0.1, -0.05) is 111 Å². The smallest absolute Gasteiger partial charge is 0.117 e. The first kappa shape index (κ1) is 30.4. The standard InChI is InChI=1S/C48H38N4/c1-3-32(4-2)48-49-42-22-9-14-27-47(42)52(48)35-17-15-16-33(28-35)34-29-36(50-43-23-10-5-18-38(43)39-19-6-11-24-44(39)50)31-37(30-34)51-45-25-12-7-20-40(45)41-21-8-13-26-46(41)51/h5-32H,3-4H2,1-2H3. The Bertz CT molecular complexity index is 2710. The average Bonchev–Trinajstić information content (AvgIpc) is 3.86. The van der Waals surface area contributed by atoms with Crippen molar-refractivity contribution in [3.05, 3.63) is 170 Å². The van der Waals surface area contributed by atoms with E-state index in [9.17, 15) is 0 Å². The predicted octanol–water partition coefficient (Wildman–Crippen LogP) is 12.8. The van der Waals surface area contributed by atoms with Gasteiger partial charge in [0.2, 0.25) is 0 Å². The van der Waals surface area contributed by atoms with E-state index in [4.69, 9.17) is 4.98 Å². The molecule has 0 amide bonds. The first-order valence-electron chi connectivity index (χ1n) is 18.4. The molecular formula is C48H38N4. The summed E-state index contributed by atoms with van der Waals surface area (Å²) in [5.74, 6) is 1.50. The lowest BCUT2D eigenvalue weighted by molar-refractivity contribution is 0.596. The van der Waals surface area contributed by atoms with Crippen LogP contribution in [0.4, 0.5) is 0 Å². The molecule has 52 heavy (non-hydrogen) atoms. The molecule has 0 saturated heterocycles. The molecule has 4 heteroatoms. The molecule has 0 aliphatic heterocycles. The van der Waals surface area contributed by atoms with Gasteiger partial charge in [0.15, 0.2) is 0 Å². The fraction of sp³-hybridized carbons (Fsp3) is 0.104. The maximum absolute atomic E-state index is 5.20. The van der Waals surface area contributed by atoms with Crippen molar-refractivity contribution >= 4 is 54.6 Å². The largest absolute Gasteiger partial charge is 0.309 e. The number of para-hydroxylation sites is 6. The van der Waals surface area contributed by atoms with Crippen LogP contribution in [0.3, 0.4) is 0 Å². The molecule has 250 valence electrons. The highest BCUT2D eigenvalue weighted by molar-refractivity contribution is 6.10. The molecule has 4 nitrogen and oxygen atoms in total. The van der Waals surface area contributed by atoms with Gasteiger partial charge in [0.1, 0.15) is 5.82 Å². The van der Waals surface area contributed by atoms with Gasteiger partial charge >= 0.3 is 0 Å². The normalized spacial score (nSPS) is 12.0. The van der Waals surface area contributed by atoms with Crippen LogP contribution in [-0.2, 0) is 0 Å². The van der Waals surface area contributed by atoms with E-state index in [1.54, 1.807) is 0 Å². The van der Waals surface area contributed by atoms with E-state index in [2.05, 4.69) is 191 Å². The lowest BCUT2D eigenvalue weighted by atomic mass is 10.0.